The van der Waals surface area contributed by atoms with Gasteiger partial charge in [-0.25, -0.2) is 8.42 Å². The maximum absolute atomic E-state index is 12.8. The van der Waals surface area contributed by atoms with E-state index in [1.165, 1.54) is 0 Å². The van der Waals surface area contributed by atoms with Gasteiger partial charge in [-0.3, -0.25) is 4.90 Å². The molecule has 0 saturated carbocycles. The molecule has 3 aromatic rings. The van der Waals surface area contributed by atoms with Crippen molar-refractivity contribution in [3.8, 4) is 11.5 Å². The molecule has 1 unspecified atom stereocenters. The fourth-order valence-corrected chi connectivity index (χ4v) is 5.25. The van der Waals surface area contributed by atoms with Crippen molar-refractivity contribution >= 4 is 15.5 Å². The SMILES string of the molecule is CC(C)(C)c1ccc(N(Cc2ccc(-c3nnc(C(F)(F)F)o3)cc2)C(O)N2CCS(=O)(=O)CC2)cc1. The molecule has 1 atom stereocenters. The zero-order valence-corrected chi connectivity index (χ0v) is 21.6. The van der Waals surface area contributed by atoms with E-state index in [0.717, 1.165) is 16.8 Å². The molecule has 1 aliphatic rings. The van der Waals surface area contributed by atoms with Crippen LogP contribution in [-0.2, 0) is 28.0 Å². The lowest BCUT2D eigenvalue weighted by molar-refractivity contribution is -0.156. The molecule has 37 heavy (non-hydrogen) atoms. The van der Waals surface area contributed by atoms with Crippen molar-refractivity contribution in [3.63, 3.8) is 0 Å². The second-order valence-corrected chi connectivity index (χ2v) is 12.4. The van der Waals surface area contributed by atoms with Crippen LogP contribution in [-0.4, -0.2) is 59.6 Å². The Morgan fingerprint density at radius 2 is 1.59 bits per heavy atom. The van der Waals surface area contributed by atoms with E-state index in [1.807, 2.05) is 24.3 Å². The number of sulfone groups is 1. The number of nitrogens with zero attached hydrogens (tertiary/aromatic N) is 4. The van der Waals surface area contributed by atoms with Crippen LogP contribution in [0.1, 0.15) is 37.8 Å². The van der Waals surface area contributed by atoms with Crippen LogP contribution in [0.5, 0.6) is 0 Å². The predicted octanol–water partition coefficient (Wildman–Crippen LogP) is 4.07. The molecule has 4 rings (SSSR count). The average Bonchev–Trinajstić information content (AvgIpc) is 3.33. The summed E-state index contributed by atoms with van der Waals surface area (Å²) in [6, 6.07) is 14.4. The fourth-order valence-electron chi connectivity index (χ4n) is 4.02. The highest BCUT2D eigenvalue weighted by Gasteiger charge is 2.38. The molecule has 1 fully saturated rings. The number of alkyl halides is 3. The number of aliphatic hydroxyl groups excluding tert-OH is 1. The van der Waals surface area contributed by atoms with Crippen molar-refractivity contribution in [1.82, 2.24) is 15.1 Å². The van der Waals surface area contributed by atoms with E-state index in [1.54, 1.807) is 34.1 Å². The van der Waals surface area contributed by atoms with E-state index >= 15 is 0 Å². The van der Waals surface area contributed by atoms with E-state index in [2.05, 4.69) is 31.0 Å². The minimum absolute atomic E-state index is 0.0281. The maximum Gasteiger partial charge on any atom is 0.470 e. The first-order chi connectivity index (χ1) is 17.2. The molecular weight excluding hydrogens is 509 g/mol. The van der Waals surface area contributed by atoms with Crippen LogP contribution in [0.15, 0.2) is 52.9 Å². The van der Waals surface area contributed by atoms with Crippen molar-refractivity contribution in [2.45, 2.75) is 45.3 Å². The van der Waals surface area contributed by atoms with Crippen LogP contribution in [0.4, 0.5) is 18.9 Å². The van der Waals surface area contributed by atoms with Crippen molar-refractivity contribution in [2.24, 2.45) is 0 Å². The summed E-state index contributed by atoms with van der Waals surface area (Å²) >= 11 is 0. The molecule has 2 aromatic carbocycles. The molecule has 0 spiro atoms. The van der Waals surface area contributed by atoms with Crippen molar-refractivity contribution in [2.75, 3.05) is 29.5 Å². The largest absolute Gasteiger partial charge is 0.470 e. The van der Waals surface area contributed by atoms with Crippen LogP contribution in [0.25, 0.3) is 11.5 Å². The first kappa shape index (κ1) is 27.1. The van der Waals surface area contributed by atoms with Crippen molar-refractivity contribution < 1.29 is 31.1 Å². The highest BCUT2D eigenvalue weighted by molar-refractivity contribution is 7.91. The molecule has 0 aliphatic carbocycles. The third-order valence-electron chi connectivity index (χ3n) is 6.27. The molecule has 1 saturated heterocycles. The zero-order chi connectivity index (χ0) is 27.0. The van der Waals surface area contributed by atoms with E-state index in [4.69, 9.17) is 4.42 Å². The van der Waals surface area contributed by atoms with Gasteiger partial charge in [-0.1, -0.05) is 45.0 Å². The van der Waals surface area contributed by atoms with E-state index in [9.17, 15) is 26.7 Å². The summed E-state index contributed by atoms with van der Waals surface area (Å²) in [6.07, 6.45) is -5.81. The summed E-state index contributed by atoms with van der Waals surface area (Å²) < 4.78 is 66.9. The molecular formula is C25H29F3N4O4S. The molecule has 8 nitrogen and oxygen atoms in total. The maximum atomic E-state index is 12.8. The monoisotopic (exact) mass is 538 g/mol. The molecule has 1 aliphatic heterocycles. The molecule has 1 aromatic heterocycles. The number of rotatable bonds is 6. The van der Waals surface area contributed by atoms with Gasteiger partial charge in [0, 0.05) is 30.9 Å². The normalized spacial score (nSPS) is 17.5. The number of anilines is 1. The summed E-state index contributed by atoms with van der Waals surface area (Å²) in [4.78, 5) is 3.47. The number of hydrogen-bond donors (Lipinski definition) is 1. The van der Waals surface area contributed by atoms with Gasteiger partial charge in [-0.2, -0.15) is 13.2 Å². The van der Waals surface area contributed by atoms with Gasteiger partial charge in [-0.15, -0.1) is 10.2 Å². The van der Waals surface area contributed by atoms with Crippen LogP contribution in [0.3, 0.4) is 0 Å². The number of aliphatic hydroxyl groups is 1. The smallest absolute Gasteiger partial charge is 0.413 e. The van der Waals surface area contributed by atoms with Crippen LogP contribution in [0.2, 0.25) is 0 Å². The van der Waals surface area contributed by atoms with Gasteiger partial charge < -0.3 is 14.4 Å². The highest BCUT2D eigenvalue weighted by atomic mass is 32.2. The summed E-state index contributed by atoms with van der Waals surface area (Å²) in [7, 11) is -3.12. The Hall–Kier alpha value is -2.96. The van der Waals surface area contributed by atoms with Crippen LogP contribution < -0.4 is 4.90 Å². The van der Waals surface area contributed by atoms with Crippen molar-refractivity contribution in [3.05, 3.63) is 65.5 Å². The molecule has 200 valence electrons. The van der Waals surface area contributed by atoms with Crippen molar-refractivity contribution in [1.29, 1.82) is 0 Å². The van der Waals surface area contributed by atoms with E-state index in [-0.39, 0.29) is 42.4 Å². The molecule has 1 N–H and O–H groups in total. The topological polar surface area (TPSA) is 99.8 Å². The first-order valence-corrected chi connectivity index (χ1v) is 13.5. The zero-order valence-electron chi connectivity index (χ0n) is 20.7. The lowest BCUT2D eigenvalue weighted by Crippen LogP contribution is -2.53. The number of halogens is 3. The second-order valence-electron chi connectivity index (χ2n) is 10.1. The molecule has 0 radical (unpaired) electrons. The number of aromatic nitrogens is 2. The van der Waals surface area contributed by atoms with Crippen LogP contribution >= 0.6 is 0 Å². The third-order valence-corrected chi connectivity index (χ3v) is 7.88. The fraction of sp³-hybridized carbons (Fsp3) is 0.440. The first-order valence-electron chi connectivity index (χ1n) is 11.7. The lowest BCUT2D eigenvalue weighted by Gasteiger charge is -2.39. The molecule has 12 heteroatoms. The molecule has 2 heterocycles. The predicted molar refractivity (Wildman–Crippen MR) is 132 cm³/mol. The Morgan fingerprint density at radius 3 is 2.11 bits per heavy atom. The quantitative estimate of drug-likeness (QED) is 0.469. The van der Waals surface area contributed by atoms with Gasteiger partial charge in [0.05, 0.1) is 11.5 Å². The molecule has 0 bridgehead atoms. The summed E-state index contributed by atoms with van der Waals surface area (Å²) in [5.74, 6) is -1.72. The Labute approximate surface area is 213 Å². The lowest BCUT2D eigenvalue weighted by atomic mass is 9.87. The Morgan fingerprint density at radius 1 is 1.00 bits per heavy atom. The Bertz CT molecular complexity index is 1300. The van der Waals surface area contributed by atoms with Gasteiger partial charge in [0.1, 0.15) is 0 Å². The standard InChI is InChI=1S/C25H29F3N4O4S/c1-24(2,3)19-8-10-20(11-9-19)32(23(33)31-12-14-37(34,35)15-13-31)16-17-4-6-18(7-5-17)21-29-30-22(36-21)25(26,27)28/h4-11,23,33H,12-16H2,1-3H3. The van der Waals surface area contributed by atoms with Gasteiger partial charge in [0.25, 0.3) is 0 Å². The Balaban J connectivity index is 1.58. The van der Waals surface area contributed by atoms with E-state index < -0.39 is 28.3 Å². The minimum atomic E-state index is -4.72. The van der Waals surface area contributed by atoms with Crippen LogP contribution in [0, 0.1) is 0 Å². The van der Waals surface area contributed by atoms with E-state index in [0.29, 0.717) is 5.56 Å². The summed E-state index contributed by atoms with van der Waals surface area (Å²) in [5, 5.41) is 17.8. The van der Waals surface area contributed by atoms with Gasteiger partial charge >= 0.3 is 12.1 Å². The summed E-state index contributed by atoms with van der Waals surface area (Å²) in [5.41, 5.74) is 2.90. The van der Waals surface area contributed by atoms with Gasteiger partial charge in [0.15, 0.2) is 16.2 Å². The second kappa shape index (κ2) is 10.1. The number of hydrogen-bond acceptors (Lipinski definition) is 8. The third kappa shape index (κ3) is 6.49. The Kier molecular flexibility index (Phi) is 7.37. The molecule has 0 amide bonds. The number of benzene rings is 2. The average molecular weight is 539 g/mol. The highest BCUT2D eigenvalue weighted by Crippen LogP contribution is 2.31. The van der Waals surface area contributed by atoms with Gasteiger partial charge in [-0.05, 0) is 40.8 Å². The van der Waals surface area contributed by atoms with Gasteiger partial charge in [0.2, 0.25) is 5.89 Å². The minimum Gasteiger partial charge on any atom is -0.413 e. The summed E-state index contributed by atoms with van der Waals surface area (Å²) in [6.45, 7) is 6.98.